The lowest BCUT2D eigenvalue weighted by Crippen LogP contribution is -2.44. The van der Waals surface area contributed by atoms with E-state index in [-0.39, 0.29) is 30.4 Å². The van der Waals surface area contributed by atoms with Crippen LogP contribution in [0.4, 0.5) is 13.9 Å². The summed E-state index contributed by atoms with van der Waals surface area (Å²) in [4.78, 5) is 19.9. The number of furan rings is 1. The van der Waals surface area contributed by atoms with Gasteiger partial charge in [0.1, 0.15) is 5.76 Å². The largest absolute Gasteiger partial charge is 0.467 e. The van der Waals surface area contributed by atoms with Crippen LogP contribution in [0.2, 0.25) is 0 Å². The van der Waals surface area contributed by atoms with Crippen molar-refractivity contribution in [3.05, 3.63) is 77.8 Å². The van der Waals surface area contributed by atoms with Crippen molar-refractivity contribution < 1.29 is 26.4 Å². The summed E-state index contributed by atoms with van der Waals surface area (Å²) in [6, 6.07) is 12.1. The lowest BCUT2D eigenvalue weighted by molar-refractivity contribution is -0.123. The van der Waals surface area contributed by atoms with Crippen molar-refractivity contribution in [1.29, 1.82) is 0 Å². The predicted molar refractivity (Wildman–Crippen MR) is 137 cm³/mol. The number of carbonyl (C=O) groups excluding carboxylic acids is 1. The Morgan fingerprint density at radius 2 is 1.92 bits per heavy atom. The molecule has 1 saturated heterocycles. The first-order valence-corrected chi connectivity index (χ1v) is 14.2. The SMILES string of the molecule is CCc1cccc2sc(N(Cc3ccco3)C(=O)C3CCN(S(=O)(=O)c4ccc(F)c(F)c4)CC3)nc12. The number of nitrogens with zero attached hydrogens (tertiary/aromatic N) is 3. The monoisotopic (exact) mass is 545 g/mol. The Balaban J connectivity index is 1.37. The molecule has 1 aliphatic heterocycles. The molecule has 0 aliphatic carbocycles. The zero-order valence-corrected chi connectivity index (χ0v) is 21.7. The number of sulfonamides is 1. The molecule has 0 bridgehead atoms. The van der Waals surface area contributed by atoms with Gasteiger partial charge in [-0.3, -0.25) is 9.69 Å². The number of hydrogen-bond acceptors (Lipinski definition) is 6. The number of piperidine rings is 1. The second-order valence-corrected chi connectivity index (χ2v) is 11.8. The molecule has 2 aromatic carbocycles. The van der Waals surface area contributed by atoms with Crippen molar-refractivity contribution >= 4 is 42.6 Å². The topological polar surface area (TPSA) is 83.7 Å². The van der Waals surface area contributed by atoms with E-state index in [0.29, 0.717) is 29.8 Å². The summed E-state index contributed by atoms with van der Waals surface area (Å²) in [5.41, 5.74) is 1.97. The van der Waals surface area contributed by atoms with Crippen LogP contribution >= 0.6 is 11.3 Å². The molecule has 0 unspecified atom stereocenters. The molecule has 2 aromatic heterocycles. The molecule has 194 valence electrons. The maximum Gasteiger partial charge on any atom is 0.243 e. The number of rotatable bonds is 7. The molecule has 0 N–H and O–H groups in total. The van der Waals surface area contributed by atoms with Crippen molar-refractivity contribution in [3.8, 4) is 0 Å². The smallest absolute Gasteiger partial charge is 0.243 e. The third-order valence-electron chi connectivity index (χ3n) is 6.60. The summed E-state index contributed by atoms with van der Waals surface area (Å²) >= 11 is 1.43. The molecule has 4 aromatic rings. The van der Waals surface area contributed by atoms with Crippen molar-refractivity contribution in [1.82, 2.24) is 9.29 Å². The summed E-state index contributed by atoms with van der Waals surface area (Å²) in [6.45, 7) is 2.44. The summed E-state index contributed by atoms with van der Waals surface area (Å²) in [5, 5.41) is 0.564. The number of para-hydroxylation sites is 1. The van der Waals surface area contributed by atoms with Gasteiger partial charge < -0.3 is 4.42 Å². The molecule has 1 fully saturated rings. The highest BCUT2D eigenvalue weighted by Crippen LogP contribution is 2.34. The van der Waals surface area contributed by atoms with Gasteiger partial charge in [0.25, 0.3) is 0 Å². The van der Waals surface area contributed by atoms with E-state index in [2.05, 4.69) is 6.92 Å². The standard InChI is InChI=1S/C26H25F2N3O4S2/c1-2-17-5-3-7-23-24(17)29-26(36-23)31(16-19-6-4-14-35-19)25(32)18-10-12-30(13-11-18)37(33,34)20-8-9-21(27)22(28)15-20/h3-9,14-15,18H,2,10-13,16H2,1H3. The zero-order chi connectivity index (χ0) is 26.2. The van der Waals surface area contributed by atoms with Gasteiger partial charge in [0, 0.05) is 19.0 Å². The number of carbonyl (C=O) groups is 1. The number of aryl methyl sites for hydroxylation is 1. The number of hydrogen-bond donors (Lipinski definition) is 0. The van der Waals surface area contributed by atoms with Crippen molar-refractivity contribution in [2.24, 2.45) is 5.92 Å². The van der Waals surface area contributed by atoms with E-state index >= 15 is 0 Å². The minimum Gasteiger partial charge on any atom is -0.467 e. The molecule has 0 spiro atoms. The van der Waals surface area contributed by atoms with E-state index in [1.54, 1.807) is 23.3 Å². The van der Waals surface area contributed by atoms with Crippen LogP contribution < -0.4 is 4.90 Å². The average molecular weight is 546 g/mol. The molecule has 1 aliphatic rings. The van der Waals surface area contributed by atoms with E-state index in [4.69, 9.17) is 9.40 Å². The molecular formula is C26H25F2N3O4S2. The number of anilines is 1. The Morgan fingerprint density at radius 3 is 2.59 bits per heavy atom. The van der Waals surface area contributed by atoms with E-state index in [1.165, 1.54) is 15.6 Å². The Bertz CT molecular complexity index is 1530. The van der Waals surface area contributed by atoms with Gasteiger partial charge in [0.2, 0.25) is 15.9 Å². The fourth-order valence-electron chi connectivity index (χ4n) is 4.54. The van der Waals surface area contributed by atoms with Crippen LogP contribution in [-0.4, -0.2) is 36.7 Å². The minimum atomic E-state index is -4.01. The highest BCUT2D eigenvalue weighted by atomic mass is 32.2. The summed E-state index contributed by atoms with van der Waals surface area (Å²) < 4.78 is 60.6. The van der Waals surface area contributed by atoms with Gasteiger partial charge in [0.05, 0.1) is 27.9 Å². The molecule has 11 heteroatoms. The first-order valence-electron chi connectivity index (χ1n) is 12.0. The molecular weight excluding hydrogens is 520 g/mol. The first kappa shape index (κ1) is 25.5. The second-order valence-electron chi connectivity index (χ2n) is 8.87. The van der Waals surface area contributed by atoms with Crippen molar-refractivity contribution in [2.75, 3.05) is 18.0 Å². The van der Waals surface area contributed by atoms with Crippen LogP contribution in [0.1, 0.15) is 31.1 Å². The van der Waals surface area contributed by atoms with Gasteiger partial charge in [-0.1, -0.05) is 30.4 Å². The number of aromatic nitrogens is 1. The van der Waals surface area contributed by atoms with Gasteiger partial charge >= 0.3 is 0 Å². The highest BCUT2D eigenvalue weighted by molar-refractivity contribution is 7.89. The number of halogens is 2. The quantitative estimate of drug-likeness (QED) is 0.312. The van der Waals surface area contributed by atoms with Gasteiger partial charge in [-0.25, -0.2) is 22.2 Å². The van der Waals surface area contributed by atoms with E-state index in [1.807, 2.05) is 18.2 Å². The summed E-state index contributed by atoms with van der Waals surface area (Å²) in [6.07, 6.45) is 2.95. The summed E-state index contributed by atoms with van der Waals surface area (Å²) in [7, 11) is -4.01. The first-order chi connectivity index (χ1) is 17.8. The van der Waals surface area contributed by atoms with E-state index in [9.17, 15) is 22.0 Å². The molecule has 0 atom stereocenters. The van der Waals surface area contributed by atoms with Crippen LogP contribution in [0.5, 0.6) is 0 Å². The van der Waals surface area contributed by atoms with Gasteiger partial charge in [-0.05, 0) is 61.2 Å². The van der Waals surface area contributed by atoms with Crippen molar-refractivity contribution in [3.63, 3.8) is 0 Å². The third kappa shape index (κ3) is 5.03. The zero-order valence-electron chi connectivity index (χ0n) is 20.1. The van der Waals surface area contributed by atoms with Crippen LogP contribution in [0.3, 0.4) is 0 Å². The fourth-order valence-corrected chi connectivity index (χ4v) is 7.04. The summed E-state index contributed by atoms with van der Waals surface area (Å²) in [5.74, 6) is -2.30. The predicted octanol–water partition coefficient (Wildman–Crippen LogP) is 5.36. The molecule has 7 nitrogen and oxygen atoms in total. The third-order valence-corrected chi connectivity index (χ3v) is 9.53. The maximum absolute atomic E-state index is 13.8. The highest BCUT2D eigenvalue weighted by Gasteiger charge is 2.35. The van der Waals surface area contributed by atoms with Crippen molar-refractivity contribution in [2.45, 2.75) is 37.6 Å². The van der Waals surface area contributed by atoms with Gasteiger partial charge in [-0.2, -0.15) is 4.31 Å². The maximum atomic E-state index is 13.8. The number of amides is 1. The molecule has 5 rings (SSSR count). The van der Waals surface area contributed by atoms with E-state index < -0.39 is 27.6 Å². The molecule has 0 saturated carbocycles. The van der Waals surface area contributed by atoms with Crippen LogP contribution in [0, 0.1) is 17.6 Å². The lowest BCUT2D eigenvalue weighted by atomic mass is 9.96. The number of thiazole rings is 1. The normalized spacial score (nSPS) is 15.3. The number of fused-ring (bicyclic) bond motifs is 1. The van der Waals surface area contributed by atoms with Crippen LogP contribution in [0.15, 0.2) is 64.1 Å². The molecule has 37 heavy (non-hydrogen) atoms. The van der Waals surface area contributed by atoms with Crippen LogP contribution in [0.25, 0.3) is 10.2 Å². The molecule has 3 heterocycles. The fraction of sp³-hybridized carbons (Fsp3) is 0.308. The Labute approximate surface area is 217 Å². The second kappa shape index (κ2) is 10.3. The van der Waals surface area contributed by atoms with Gasteiger partial charge in [-0.15, -0.1) is 0 Å². The molecule has 0 radical (unpaired) electrons. The Hall–Kier alpha value is -3.15. The number of benzene rings is 2. The lowest BCUT2D eigenvalue weighted by Gasteiger charge is -2.32. The molecule has 1 amide bonds. The Kier molecular flexibility index (Phi) is 7.11. The average Bonchev–Trinajstić information content (AvgIpc) is 3.58. The Morgan fingerprint density at radius 1 is 1.14 bits per heavy atom. The van der Waals surface area contributed by atoms with Crippen LogP contribution in [-0.2, 0) is 27.8 Å². The van der Waals surface area contributed by atoms with E-state index in [0.717, 1.165) is 34.3 Å². The minimum absolute atomic E-state index is 0.0894. The van der Waals surface area contributed by atoms with Gasteiger partial charge in [0.15, 0.2) is 16.8 Å².